The average Bonchev–Trinajstić information content (AvgIpc) is 2.96. The van der Waals surface area contributed by atoms with Crippen LogP contribution in [0.2, 0.25) is 10.0 Å². The van der Waals surface area contributed by atoms with E-state index in [0.29, 0.717) is 31.2 Å². The maximum Gasteiger partial charge on any atom is 0.308 e. The van der Waals surface area contributed by atoms with Crippen LogP contribution in [0.3, 0.4) is 0 Å². The Labute approximate surface area is 170 Å². The Bertz CT molecular complexity index is 1080. The van der Waals surface area contributed by atoms with Crippen LogP contribution in [-0.2, 0) is 26.8 Å². The first-order valence-electron chi connectivity index (χ1n) is 7.69. The van der Waals surface area contributed by atoms with Crippen LogP contribution < -0.4 is 0 Å². The van der Waals surface area contributed by atoms with Gasteiger partial charge in [-0.05, 0) is 36.4 Å². The summed E-state index contributed by atoms with van der Waals surface area (Å²) in [4.78, 5) is 16.2. The number of thiazole rings is 1. The van der Waals surface area contributed by atoms with Crippen LogP contribution in [0.1, 0.15) is 9.88 Å². The predicted molar refractivity (Wildman–Crippen MR) is 106 cm³/mol. The molecule has 1 N–H and O–H groups in total. The molecule has 0 saturated heterocycles. The molecule has 1 aromatic heterocycles. The molecule has 0 aliphatic carbocycles. The Hall–Kier alpha value is -1.93. The van der Waals surface area contributed by atoms with E-state index in [1.807, 2.05) is 0 Å². The molecule has 0 aliphatic rings. The lowest BCUT2D eigenvalue weighted by molar-refractivity contribution is -0.136. The molecule has 140 valence electrons. The van der Waals surface area contributed by atoms with Crippen LogP contribution in [-0.4, -0.2) is 24.5 Å². The van der Waals surface area contributed by atoms with Crippen molar-refractivity contribution in [1.29, 1.82) is 0 Å². The summed E-state index contributed by atoms with van der Waals surface area (Å²) in [6.45, 7) is 0. The predicted octanol–water partition coefficient (Wildman–Crippen LogP) is 4.72. The molecule has 0 fully saturated rings. The highest BCUT2D eigenvalue weighted by Gasteiger charge is 2.21. The van der Waals surface area contributed by atoms with E-state index in [1.165, 1.54) is 24.3 Å². The summed E-state index contributed by atoms with van der Waals surface area (Å²) in [6.07, 6.45) is -0.239. The number of sulfone groups is 1. The van der Waals surface area contributed by atoms with Crippen LogP contribution in [0.25, 0.3) is 11.3 Å². The SMILES string of the molecule is O=C(O)Cc1sc(CS(=O)(=O)c2ccc(Cl)cc2)nc1-c1ccc(Cl)cc1. The molecule has 0 aliphatic heterocycles. The molecule has 0 radical (unpaired) electrons. The molecule has 1 heterocycles. The van der Waals surface area contributed by atoms with Crippen LogP contribution in [0, 0.1) is 0 Å². The third-order valence-corrected chi connectivity index (χ3v) is 7.04. The maximum atomic E-state index is 12.6. The number of rotatable bonds is 6. The van der Waals surface area contributed by atoms with Crippen molar-refractivity contribution in [3.05, 3.63) is 68.5 Å². The fourth-order valence-corrected chi connectivity index (χ4v) is 5.38. The maximum absolute atomic E-state index is 12.6. The van der Waals surface area contributed by atoms with Gasteiger partial charge in [-0.1, -0.05) is 35.3 Å². The van der Waals surface area contributed by atoms with E-state index in [-0.39, 0.29) is 17.1 Å². The van der Waals surface area contributed by atoms with Crippen molar-refractivity contribution < 1.29 is 18.3 Å². The summed E-state index contributed by atoms with van der Waals surface area (Å²) in [6, 6.07) is 12.7. The minimum atomic E-state index is -3.63. The number of halogens is 2. The molecule has 3 rings (SSSR count). The van der Waals surface area contributed by atoms with Gasteiger partial charge in [0.1, 0.15) is 10.8 Å². The monoisotopic (exact) mass is 441 g/mol. The summed E-state index contributed by atoms with van der Waals surface area (Å²) < 4.78 is 25.3. The lowest BCUT2D eigenvalue weighted by atomic mass is 10.1. The minimum Gasteiger partial charge on any atom is -0.481 e. The lowest BCUT2D eigenvalue weighted by Crippen LogP contribution is -2.04. The van der Waals surface area contributed by atoms with Crippen molar-refractivity contribution >= 4 is 50.3 Å². The molecule has 0 spiro atoms. The van der Waals surface area contributed by atoms with Gasteiger partial charge in [0.25, 0.3) is 0 Å². The molecule has 2 aromatic carbocycles. The number of hydrogen-bond acceptors (Lipinski definition) is 5. The Morgan fingerprint density at radius 3 is 2.11 bits per heavy atom. The topological polar surface area (TPSA) is 84.3 Å². The summed E-state index contributed by atoms with van der Waals surface area (Å²) in [7, 11) is -3.63. The Balaban J connectivity index is 1.97. The van der Waals surface area contributed by atoms with Crippen molar-refractivity contribution in [3.8, 4) is 11.3 Å². The highest BCUT2D eigenvalue weighted by Crippen LogP contribution is 2.31. The molecule has 0 amide bonds. The van der Waals surface area contributed by atoms with Gasteiger partial charge in [0, 0.05) is 20.5 Å². The fourth-order valence-electron chi connectivity index (χ4n) is 2.44. The Morgan fingerprint density at radius 1 is 1.00 bits per heavy atom. The molecule has 3 aromatic rings. The zero-order chi connectivity index (χ0) is 19.6. The average molecular weight is 442 g/mol. The summed E-state index contributed by atoms with van der Waals surface area (Å²) >= 11 is 12.8. The third kappa shape index (κ3) is 4.87. The van der Waals surface area contributed by atoms with E-state index in [2.05, 4.69) is 4.98 Å². The van der Waals surface area contributed by atoms with E-state index in [0.717, 1.165) is 11.3 Å². The van der Waals surface area contributed by atoms with E-state index in [4.69, 9.17) is 28.3 Å². The van der Waals surface area contributed by atoms with Crippen LogP contribution in [0.15, 0.2) is 53.4 Å². The number of hydrogen-bond donors (Lipinski definition) is 1. The molecule has 5 nitrogen and oxygen atoms in total. The molecule has 0 saturated carbocycles. The van der Waals surface area contributed by atoms with E-state index in [9.17, 15) is 13.2 Å². The summed E-state index contributed by atoms with van der Waals surface area (Å²) in [5, 5.41) is 10.5. The molecule has 0 bridgehead atoms. The smallest absolute Gasteiger partial charge is 0.308 e. The number of carbonyl (C=O) groups is 1. The zero-order valence-corrected chi connectivity index (χ0v) is 16.9. The number of aliphatic carboxylic acids is 1. The lowest BCUT2D eigenvalue weighted by Gasteiger charge is -2.02. The molecular weight excluding hydrogens is 429 g/mol. The van der Waals surface area contributed by atoms with Gasteiger partial charge in [0.05, 0.1) is 17.0 Å². The van der Waals surface area contributed by atoms with E-state index >= 15 is 0 Å². The summed E-state index contributed by atoms with van der Waals surface area (Å²) in [5.74, 6) is -1.33. The van der Waals surface area contributed by atoms with Gasteiger partial charge in [-0.3, -0.25) is 4.79 Å². The highest BCUT2D eigenvalue weighted by atomic mass is 35.5. The Morgan fingerprint density at radius 2 is 1.56 bits per heavy atom. The van der Waals surface area contributed by atoms with Crippen molar-refractivity contribution in [2.75, 3.05) is 0 Å². The van der Waals surface area contributed by atoms with Crippen LogP contribution in [0.4, 0.5) is 0 Å². The van der Waals surface area contributed by atoms with Gasteiger partial charge < -0.3 is 5.11 Å². The van der Waals surface area contributed by atoms with Crippen molar-refractivity contribution in [2.24, 2.45) is 0 Å². The largest absolute Gasteiger partial charge is 0.481 e. The third-order valence-electron chi connectivity index (χ3n) is 3.66. The number of carboxylic acids is 1. The first-order chi connectivity index (χ1) is 12.7. The first-order valence-corrected chi connectivity index (χ1v) is 10.9. The number of carboxylic acid groups (broad SMARTS) is 1. The molecule has 0 atom stereocenters. The van der Waals surface area contributed by atoms with E-state index in [1.54, 1.807) is 24.3 Å². The summed E-state index contributed by atoms with van der Waals surface area (Å²) in [5.41, 5.74) is 1.14. The van der Waals surface area contributed by atoms with E-state index < -0.39 is 15.8 Å². The standard InChI is InChI=1S/C18H13Cl2NO4S2/c19-12-3-1-11(2-4-12)18-15(9-17(22)23)26-16(21-18)10-27(24,25)14-7-5-13(20)6-8-14/h1-8H,9-10H2,(H,22,23). The molecular formula is C18H13Cl2NO4S2. The van der Waals surface area contributed by atoms with Gasteiger partial charge in [0.15, 0.2) is 9.84 Å². The van der Waals surface area contributed by atoms with Crippen LogP contribution >= 0.6 is 34.5 Å². The van der Waals surface area contributed by atoms with Gasteiger partial charge in [-0.2, -0.15) is 0 Å². The zero-order valence-electron chi connectivity index (χ0n) is 13.7. The first kappa shape index (κ1) is 19.8. The minimum absolute atomic E-state index is 0.134. The van der Waals surface area contributed by atoms with Crippen molar-refractivity contribution in [2.45, 2.75) is 17.1 Å². The normalized spacial score (nSPS) is 11.5. The van der Waals surface area contributed by atoms with Crippen molar-refractivity contribution in [3.63, 3.8) is 0 Å². The second kappa shape index (κ2) is 7.98. The molecule has 9 heteroatoms. The van der Waals surface area contributed by atoms with Crippen LogP contribution in [0.5, 0.6) is 0 Å². The quantitative estimate of drug-likeness (QED) is 0.597. The number of nitrogens with zero attached hydrogens (tertiary/aromatic N) is 1. The number of benzene rings is 2. The van der Waals surface area contributed by atoms with Gasteiger partial charge >= 0.3 is 5.97 Å². The van der Waals surface area contributed by atoms with Gasteiger partial charge in [0.2, 0.25) is 0 Å². The van der Waals surface area contributed by atoms with Gasteiger partial charge in [-0.15, -0.1) is 11.3 Å². The highest BCUT2D eigenvalue weighted by molar-refractivity contribution is 7.90. The molecule has 0 unspecified atom stereocenters. The van der Waals surface area contributed by atoms with Gasteiger partial charge in [-0.25, -0.2) is 13.4 Å². The second-order valence-electron chi connectivity index (χ2n) is 5.67. The Kier molecular flexibility index (Phi) is 5.86. The number of aromatic nitrogens is 1. The second-order valence-corrected chi connectivity index (χ2v) is 9.70. The molecule has 27 heavy (non-hydrogen) atoms. The van der Waals surface area contributed by atoms with Crippen molar-refractivity contribution in [1.82, 2.24) is 4.98 Å². The fraction of sp³-hybridized carbons (Fsp3) is 0.111.